The van der Waals surface area contributed by atoms with Crippen LogP contribution in [0.2, 0.25) is 18.1 Å². The molecule has 0 aromatic heterocycles. The highest BCUT2D eigenvalue weighted by Gasteiger charge is 2.59. The molecular formula is C18H29NO4S3Si. The van der Waals surface area contributed by atoms with E-state index < -0.39 is 19.1 Å². The molecule has 0 N–H and O–H groups in total. The molecule has 3 aliphatic rings. The lowest BCUT2D eigenvalue weighted by Gasteiger charge is -2.48. The summed E-state index contributed by atoms with van der Waals surface area (Å²) in [4.78, 5) is 27.6. The van der Waals surface area contributed by atoms with Crippen LogP contribution in [0.15, 0.2) is 10.6 Å². The van der Waals surface area contributed by atoms with Crippen molar-refractivity contribution in [2.75, 3.05) is 11.5 Å². The SMILES string of the molecule is C[C@@H](O[Si](C)(C)C(C)(C)C)[C@H]1C(=O)N2C(C(=O)S)=C(C3CCS(=O)C3)S[C@H]12. The van der Waals surface area contributed by atoms with Crippen molar-refractivity contribution in [3.05, 3.63) is 10.6 Å². The zero-order chi connectivity index (χ0) is 20.3. The molecule has 0 radical (unpaired) electrons. The fourth-order valence-electron chi connectivity index (χ4n) is 3.67. The Kier molecular flexibility index (Phi) is 5.85. The molecule has 2 fully saturated rings. The maximum Gasteiger partial charge on any atom is 0.236 e. The minimum Gasteiger partial charge on any atom is -0.413 e. The molecule has 0 bridgehead atoms. The lowest BCUT2D eigenvalue weighted by atomic mass is 9.92. The van der Waals surface area contributed by atoms with Crippen LogP contribution < -0.4 is 0 Å². The third-order valence-corrected chi connectivity index (χ3v) is 14.0. The number of carbonyl (C=O) groups excluding carboxylic acids is 2. The Morgan fingerprint density at radius 3 is 2.52 bits per heavy atom. The van der Waals surface area contributed by atoms with E-state index in [4.69, 9.17) is 4.43 Å². The molecule has 0 aromatic rings. The van der Waals surface area contributed by atoms with Crippen LogP contribution >= 0.6 is 24.4 Å². The Bertz CT molecular complexity index is 731. The van der Waals surface area contributed by atoms with Crippen molar-refractivity contribution in [2.24, 2.45) is 11.8 Å². The fourth-order valence-corrected chi connectivity index (χ4v) is 8.76. The van der Waals surface area contributed by atoms with Gasteiger partial charge in [0.1, 0.15) is 11.1 Å². The van der Waals surface area contributed by atoms with E-state index in [1.807, 2.05) is 6.92 Å². The first kappa shape index (κ1) is 21.6. The molecule has 9 heteroatoms. The van der Waals surface area contributed by atoms with Crippen molar-refractivity contribution in [3.63, 3.8) is 0 Å². The number of hydrogen-bond donors (Lipinski definition) is 1. The number of hydrogen-bond acceptors (Lipinski definition) is 5. The number of allylic oxidation sites excluding steroid dienone is 1. The molecule has 3 aliphatic heterocycles. The molecule has 0 aromatic carbocycles. The number of amides is 1. The van der Waals surface area contributed by atoms with Gasteiger partial charge in [0.2, 0.25) is 11.0 Å². The van der Waals surface area contributed by atoms with E-state index >= 15 is 0 Å². The van der Waals surface area contributed by atoms with Crippen LogP contribution in [0.5, 0.6) is 0 Å². The van der Waals surface area contributed by atoms with Crippen LogP contribution in [0.3, 0.4) is 0 Å². The second kappa shape index (κ2) is 7.30. The average Bonchev–Trinajstić information content (AvgIpc) is 3.06. The fraction of sp³-hybridized carbons (Fsp3) is 0.778. The van der Waals surface area contributed by atoms with E-state index in [1.165, 1.54) is 0 Å². The minimum absolute atomic E-state index is 0.0507. The van der Waals surface area contributed by atoms with E-state index in [0.717, 1.165) is 11.3 Å². The van der Waals surface area contributed by atoms with Crippen LogP contribution in [0.4, 0.5) is 0 Å². The zero-order valence-corrected chi connectivity index (χ0v) is 20.3. The predicted octanol–water partition coefficient (Wildman–Crippen LogP) is 3.36. The Balaban J connectivity index is 1.79. The van der Waals surface area contributed by atoms with Crippen LogP contribution in [-0.4, -0.2) is 51.4 Å². The molecule has 1 amide bonds. The normalized spacial score (nSPS) is 32.6. The largest absolute Gasteiger partial charge is 0.413 e. The van der Waals surface area contributed by atoms with Gasteiger partial charge in [0.05, 0.1) is 12.0 Å². The van der Waals surface area contributed by atoms with E-state index in [9.17, 15) is 13.8 Å². The van der Waals surface area contributed by atoms with E-state index in [2.05, 4.69) is 46.5 Å². The van der Waals surface area contributed by atoms with Gasteiger partial charge in [0.15, 0.2) is 8.32 Å². The number of thiol groups is 1. The number of rotatable bonds is 5. The summed E-state index contributed by atoms with van der Waals surface area (Å²) in [5.74, 6) is 1.02. The second-order valence-electron chi connectivity index (χ2n) is 9.14. The Hall–Kier alpha value is -0.0931. The standard InChI is InChI=1S/C18H29NO4S3Si/c1-10(23-27(5,6)18(2,3)4)12-15(20)19-13(17(21)24)14(25-16(12)19)11-7-8-26(22)9-11/h10-12,16H,7-9H2,1-6H3,(H,21,24)/t10-,11?,12+,16-,26?/m1/s1. The molecule has 0 saturated carbocycles. The monoisotopic (exact) mass is 447 g/mol. The highest BCUT2D eigenvalue weighted by atomic mass is 32.2. The predicted molar refractivity (Wildman–Crippen MR) is 116 cm³/mol. The number of carbonyl (C=O) groups is 2. The molecule has 5 nitrogen and oxygen atoms in total. The molecule has 0 spiro atoms. The number of β-lactam (4-membered cyclic amide) rings is 1. The number of thioether (sulfide) groups is 1. The molecule has 3 heterocycles. The van der Waals surface area contributed by atoms with Crippen molar-refractivity contribution in [2.45, 2.75) is 63.7 Å². The van der Waals surface area contributed by atoms with Gasteiger partial charge in [-0.1, -0.05) is 33.4 Å². The van der Waals surface area contributed by atoms with Gasteiger partial charge in [-0.15, -0.1) is 11.8 Å². The van der Waals surface area contributed by atoms with Gasteiger partial charge in [-0.3, -0.25) is 18.7 Å². The van der Waals surface area contributed by atoms with Crippen LogP contribution in [0, 0.1) is 11.8 Å². The van der Waals surface area contributed by atoms with E-state index in [0.29, 0.717) is 17.2 Å². The van der Waals surface area contributed by atoms with Crippen molar-refractivity contribution < 1.29 is 18.2 Å². The highest BCUT2D eigenvalue weighted by molar-refractivity contribution is 8.04. The lowest BCUT2D eigenvalue weighted by Crippen LogP contribution is -2.62. The summed E-state index contributed by atoms with van der Waals surface area (Å²) in [6, 6.07) is 0. The zero-order valence-electron chi connectivity index (χ0n) is 16.8. The molecule has 2 unspecified atom stereocenters. The number of fused-ring (bicyclic) bond motifs is 1. The average molecular weight is 448 g/mol. The maximum atomic E-state index is 12.9. The summed E-state index contributed by atoms with van der Waals surface area (Å²) < 4.78 is 18.3. The van der Waals surface area contributed by atoms with Gasteiger partial charge >= 0.3 is 0 Å². The van der Waals surface area contributed by atoms with Crippen LogP contribution in [-0.2, 0) is 24.8 Å². The van der Waals surface area contributed by atoms with Crippen molar-refractivity contribution in [1.29, 1.82) is 0 Å². The van der Waals surface area contributed by atoms with Gasteiger partial charge in [0.25, 0.3) is 0 Å². The Morgan fingerprint density at radius 2 is 2.04 bits per heavy atom. The quantitative estimate of drug-likeness (QED) is 0.398. The summed E-state index contributed by atoms with van der Waals surface area (Å²) in [6.45, 7) is 12.9. The summed E-state index contributed by atoms with van der Waals surface area (Å²) in [6.07, 6.45) is 0.607. The molecule has 27 heavy (non-hydrogen) atoms. The highest BCUT2D eigenvalue weighted by Crippen LogP contribution is 2.54. The van der Waals surface area contributed by atoms with Crippen LogP contribution in [0.25, 0.3) is 0 Å². The maximum absolute atomic E-state index is 12.9. The first-order valence-corrected chi connectivity index (χ1v) is 15.1. The topological polar surface area (TPSA) is 63.7 Å². The molecule has 3 rings (SSSR count). The van der Waals surface area contributed by atoms with E-state index in [-0.39, 0.29) is 39.4 Å². The van der Waals surface area contributed by atoms with Gasteiger partial charge in [-0.05, 0) is 31.5 Å². The Morgan fingerprint density at radius 1 is 1.41 bits per heavy atom. The summed E-state index contributed by atoms with van der Waals surface area (Å²) >= 11 is 5.61. The third-order valence-electron chi connectivity index (χ3n) is 6.25. The molecule has 5 atom stereocenters. The molecular weight excluding hydrogens is 418 g/mol. The van der Waals surface area contributed by atoms with E-state index in [1.54, 1.807) is 16.7 Å². The van der Waals surface area contributed by atoms with Crippen molar-refractivity contribution >= 4 is 54.5 Å². The van der Waals surface area contributed by atoms with Crippen LogP contribution in [0.1, 0.15) is 34.1 Å². The summed E-state index contributed by atoms with van der Waals surface area (Å²) in [7, 11) is -2.83. The number of nitrogens with zero attached hydrogens (tertiary/aromatic N) is 1. The molecule has 152 valence electrons. The van der Waals surface area contributed by atoms with Gasteiger partial charge < -0.3 is 4.43 Å². The smallest absolute Gasteiger partial charge is 0.236 e. The second-order valence-corrected chi connectivity index (χ2v) is 17.1. The Labute approximate surface area is 175 Å². The summed E-state index contributed by atoms with van der Waals surface area (Å²) in [5.41, 5.74) is 0.415. The molecule has 2 saturated heterocycles. The van der Waals surface area contributed by atoms with Crippen molar-refractivity contribution in [1.82, 2.24) is 4.90 Å². The van der Waals surface area contributed by atoms with Gasteiger partial charge in [0, 0.05) is 33.1 Å². The lowest BCUT2D eigenvalue weighted by molar-refractivity contribution is -0.152. The third kappa shape index (κ3) is 3.74. The van der Waals surface area contributed by atoms with Gasteiger partial charge in [-0.2, -0.15) is 0 Å². The summed E-state index contributed by atoms with van der Waals surface area (Å²) in [5, 5.41) is -0.407. The first-order valence-electron chi connectivity index (χ1n) is 9.35. The van der Waals surface area contributed by atoms with Gasteiger partial charge in [-0.25, -0.2) is 0 Å². The molecule has 0 aliphatic carbocycles. The minimum atomic E-state index is -1.99. The van der Waals surface area contributed by atoms with Crippen molar-refractivity contribution in [3.8, 4) is 0 Å². The first-order chi connectivity index (χ1) is 12.3.